The lowest BCUT2D eigenvalue weighted by molar-refractivity contribution is -0.128. The minimum Gasteiger partial charge on any atom is -0.352 e. The van der Waals surface area contributed by atoms with Gasteiger partial charge in [-0.05, 0) is 17.7 Å². The molecule has 0 bridgehead atoms. The molecule has 1 atom stereocenters. The van der Waals surface area contributed by atoms with Crippen LogP contribution in [0.15, 0.2) is 54.9 Å². The lowest BCUT2D eigenvalue weighted by Crippen LogP contribution is -2.31. The molecule has 1 aliphatic heterocycles. The van der Waals surface area contributed by atoms with Gasteiger partial charge >= 0.3 is 0 Å². The lowest BCUT2D eigenvalue weighted by atomic mass is 10.1. The molecule has 1 fully saturated rings. The Labute approximate surface area is 135 Å². The molecular formula is C18H19N3O2. The van der Waals surface area contributed by atoms with E-state index in [9.17, 15) is 9.59 Å². The van der Waals surface area contributed by atoms with Crippen molar-refractivity contribution in [2.75, 3.05) is 13.1 Å². The van der Waals surface area contributed by atoms with Crippen LogP contribution in [0.5, 0.6) is 0 Å². The first kappa shape index (κ1) is 15.2. The number of hydrogen-bond donors (Lipinski definition) is 1. The van der Waals surface area contributed by atoms with Gasteiger partial charge in [-0.1, -0.05) is 30.3 Å². The molecule has 1 unspecified atom stereocenters. The minimum absolute atomic E-state index is 0.124. The quantitative estimate of drug-likeness (QED) is 0.917. The van der Waals surface area contributed by atoms with E-state index in [0.29, 0.717) is 31.6 Å². The summed E-state index contributed by atoms with van der Waals surface area (Å²) < 4.78 is 0. The maximum absolute atomic E-state index is 12.1. The summed E-state index contributed by atoms with van der Waals surface area (Å²) in [6.07, 6.45) is 3.68. The van der Waals surface area contributed by atoms with Crippen molar-refractivity contribution in [3.05, 3.63) is 66.0 Å². The maximum atomic E-state index is 12.1. The summed E-state index contributed by atoms with van der Waals surface area (Å²) in [5, 5.41) is 2.90. The summed E-state index contributed by atoms with van der Waals surface area (Å²) in [7, 11) is 0. The molecule has 0 radical (unpaired) electrons. The number of likely N-dealkylation sites (tertiary alicyclic amines) is 1. The number of nitrogens with one attached hydrogen (secondary N) is 1. The number of carbonyl (C=O) groups excluding carboxylic acids is 2. The van der Waals surface area contributed by atoms with Crippen LogP contribution in [0, 0.1) is 5.92 Å². The van der Waals surface area contributed by atoms with Crippen LogP contribution in [0.2, 0.25) is 0 Å². The SMILES string of the molecule is O=C(NCC1CC(=O)N(Cc2ccccc2)C1)c1ccncc1. The van der Waals surface area contributed by atoms with Crippen LogP contribution in [0.1, 0.15) is 22.3 Å². The van der Waals surface area contributed by atoms with Crippen LogP contribution in [-0.4, -0.2) is 34.8 Å². The Morgan fingerprint density at radius 1 is 1.17 bits per heavy atom. The number of aromatic nitrogens is 1. The number of hydrogen-bond acceptors (Lipinski definition) is 3. The average molecular weight is 309 g/mol. The summed E-state index contributed by atoms with van der Waals surface area (Å²) in [6, 6.07) is 13.3. The van der Waals surface area contributed by atoms with Gasteiger partial charge in [0, 0.05) is 49.9 Å². The van der Waals surface area contributed by atoms with Crippen molar-refractivity contribution in [2.24, 2.45) is 5.92 Å². The summed E-state index contributed by atoms with van der Waals surface area (Å²) in [6.45, 7) is 1.83. The van der Waals surface area contributed by atoms with Crippen LogP contribution in [-0.2, 0) is 11.3 Å². The van der Waals surface area contributed by atoms with Crippen LogP contribution < -0.4 is 5.32 Å². The molecule has 23 heavy (non-hydrogen) atoms. The van der Waals surface area contributed by atoms with Crippen molar-refractivity contribution >= 4 is 11.8 Å². The summed E-state index contributed by atoms with van der Waals surface area (Å²) in [4.78, 5) is 29.9. The zero-order valence-corrected chi connectivity index (χ0v) is 12.8. The van der Waals surface area contributed by atoms with Gasteiger partial charge in [0.15, 0.2) is 0 Å². The smallest absolute Gasteiger partial charge is 0.251 e. The van der Waals surface area contributed by atoms with Gasteiger partial charge < -0.3 is 10.2 Å². The normalized spacial score (nSPS) is 17.3. The van der Waals surface area contributed by atoms with E-state index >= 15 is 0 Å². The van der Waals surface area contributed by atoms with E-state index in [1.807, 2.05) is 35.2 Å². The molecule has 1 aromatic carbocycles. The molecule has 0 saturated carbocycles. The highest BCUT2D eigenvalue weighted by Crippen LogP contribution is 2.19. The zero-order valence-electron chi connectivity index (χ0n) is 12.8. The highest BCUT2D eigenvalue weighted by atomic mass is 16.2. The van der Waals surface area contributed by atoms with Gasteiger partial charge in [-0.15, -0.1) is 0 Å². The Hall–Kier alpha value is -2.69. The average Bonchev–Trinajstić information content (AvgIpc) is 2.94. The van der Waals surface area contributed by atoms with Gasteiger partial charge in [-0.2, -0.15) is 0 Å². The first-order chi connectivity index (χ1) is 11.2. The number of pyridine rings is 1. The molecule has 1 aromatic heterocycles. The van der Waals surface area contributed by atoms with E-state index in [4.69, 9.17) is 0 Å². The van der Waals surface area contributed by atoms with Crippen molar-refractivity contribution in [1.82, 2.24) is 15.2 Å². The Morgan fingerprint density at radius 3 is 2.65 bits per heavy atom. The fourth-order valence-corrected chi connectivity index (χ4v) is 2.79. The molecule has 2 heterocycles. The van der Waals surface area contributed by atoms with E-state index in [2.05, 4.69) is 10.3 Å². The van der Waals surface area contributed by atoms with Gasteiger partial charge in [0.25, 0.3) is 5.91 Å². The second-order valence-corrected chi connectivity index (χ2v) is 5.78. The molecule has 3 rings (SSSR count). The van der Waals surface area contributed by atoms with Gasteiger partial charge in [0.2, 0.25) is 5.91 Å². The van der Waals surface area contributed by atoms with E-state index < -0.39 is 0 Å². The van der Waals surface area contributed by atoms with Crippen molar-refractivity contribution in [3.8, 4) is 0 Å². The molecule has 0 aliphatic carbocycles. The highest BCUT2D eigenvalue weighted by molar-refractivity contribution is 5.94. The number of rotatable bonds is 5. The first-order valence-corrected chi connectivity index (χ1v) is 7.72. The van der Waals surface area contributed by atoms with Crippen molar-refractivity contribution in [1.29, 1.82) is 0 Å². The highest BCUT2D eigenvalue weighted by Gasteiger charge is 2.29. The van der Waals surface area contributed by atoms with Gasteiger partial charge in [-0.25, -0.2) is 0 Å². The lowest BCUT2D eigenvalue weighted by Gasteiger charge is -2.17. The summed E-state index contributed by atoms with van der Waals surface area (Å²) >= 11 is 0. The monoisotopic (exact) mass is 309 g/mol. The molecule has 1 aliphatic rings. The predicted molar refractivity (Wildman–Crippen MR) is 86.5 cm³/mol. The molecule has 5 heteroatoms. The van der Waals surface area contributed by atoms with Crippen LogP contribution in [0.25, 0.3) is 0 Å². The molecule has 1 N–H and O–H groups in total. The van der Waals surface area contributed by atoms with E-state index in [1.54, 1.807) is 24.5 Å². The third kappa shape index (κ3) is 3.94. The molecule has 2 aromatic rings. The minimum atomic E-state index is -0.124. The van der Waals surface area contributed by atoms with Crippen molar-refractivity contribution < 1.29 is 9.59 Å². The number of nitrogens with zero attached hydrogens (tertiary/aromatic N) is 2. The zero-order chi connectivity index (χ0) is 16.1. The van der Waals surface area contributed by atoms with E-state index in [1.165, 1.54) is 0 Å². The third-order valence-electron chi connectivity index (χ3n) is 4.00. The van der Waals surface area contributed by atoms with Gasteiger partial charge in [0.1, 0.15) is 0 Å². The topological polar surface area (TPSA) is 62.3 Å². The fraction of sp³-hybridized carbons (Fsp3) is 0.278. The van der Waals surface area contributed by atoms with Crippen molar-refractivity contribution in [3.63, 3.8) is 0 Å². The van der Waals surface area contributed by atoms with Crippen LogP contribution >= 0.6 is 0 Å². The van der Waals surface area contributed by atoms with Gasteiger partial charge in [-0.3, -0.25) is 14.6 Å². The predicted octanol–water partition coefficient (Wildman–Crippen LogP) is 1.86. The Morgan fingerprint density at radius 2 is 1.91 bits per heavy atom. The molecule has 2 amide bonds. The van der Waals surface area contributed by atoms with Crippen LogP contribution in [0.3, 0.4) is 0 Å². The summed E-state index contributed by atoms with van der Waals surface area (Å²) in [5.41, 5.74) is 1.72. The molecule has 5 nitrogen and oxygen atoms in total. The standard InChI is InChI=1S/C18H19N3O2/c22-17-10-15(11-20-18(23)16-6-8-19-9-7-16)13-21(17)12-14-4-2-1-3-5-14/h1-9,15H,10-13H2,(H,20,23). The Bertz CT molecular complexity index is 673. The second kappa shape index (κ2) is 7.05. The molecule has 118 valence electrons. The molecule has 0 spiro atoms. The number of carbonyl (C=O) groups is 2. The van der Waals surface area contributed by atoms with E-state index in [-0.39, 0.29) is 17.7 Å². The maximum Gasteiger partial charge on any atom is 0.251 e. The third-order valence-corrected chi connectivity index (χ3v) is 4.00. The molecular weight excluding hydrogens is 290 g/mol. The summed E-state index contributed by atoms with van der Waals surface area (Å²) in [5.74, 6) is 0.190. The van der Waals surface area contributed by atoms with Gasteiger partial charge in [0.05, 0.1) is 0 Å². The Kier molecular flexibility index (Phi) is 4.66. The van der Waals surface area contributed by atoms with Crippen LogP contribution in [0.4, 0.5) is 0 Å². The van der Waals surface area contributed by atoms with E-state index in [0.717, 1.165) is 5.56 Å². The second-order valence-electron chi connectivity index (χ2n) is 5.78. The first-order valence-electron chi connectivity index (χ1n) is 7.72. The molecule has 1 saturated heterocycles. The fourth-order valence-electron chi connectivity index (χ4n) is 2.79. The largest absolute Gasteiger partial charge is 0.352 e. The number of benzene rings is 1. The number of amides is 2. The van der Waals surface area contributed by atoms with Crippen molar-refractivity contribution in [2.45, 2.75) is 13.0 Å². The Balaban J connectivity index is 1.51.